The van der Waals surface area contributed by atoms with Crippen LogP contribution in [0.4, 0.5) is 0 Å². The first-order valence-electron chi connectivity index (χ1n) is 8.62. The summed E-state index contributed by atoms with van der Waals surface area (Å²) >= 11 is 6.23. The highest BCUT2D eigenvalue weighted by Gasteiger charge is 2.39. The standard InChI is InChI=1S/C19H22ClN3O3/c1-11-17(18(24)22-9-8-15(12(22)2)19(25)26)13(3)23(21-11)10-14-6-4-5-7-16(14)20/h4-7,12,15H,8-10H2,1-3H3,(H,25,26). The van der Waals surface area contributed by atoms with Crippen molar-refractivity contribution >= 4 is 23.5 Å². The fourth-order valence-corrected chi connectivity index (χ4v) is 3.84. The van der Waals surface area contributed by atoms with Crippen LogP contribution in [0.15, 0.2) is 24.3 Å². The minimum Gasteiger partial charge on any atom is -0.481 e. The molecule has 1 amide bonds. The first-order valence-corrected chi connectivity index (χ1v) is 9.00. The van der Waals surface area contributed by atoms with Gasteiger partial charge in [0.2, 0.25) is 0 Å². The number of aryl methyl sites for hydroxylation is 1. The largest absolute Gasteiger partial charge is 0.481 e. The van der Waals surface area contributed by atoms with Gasteiger partial charge in [-0.25, -0.2) is 0 Å². The molecule has 0 saturated carbocycles. The van der Waals surface area contributed by atoms with Gasteiger partial charge in [0.1, 0.15) is 0 Å². The molecule has 26 heavy (non-hydrogen) atoms. The molecule has 1 aromatic carbocycles. The normalized spacial score (nSPS) is 19.8. The fraction of sp³-hybridized carbons (Fsp3) is 0.421. The van der Waals surface area contributed by atoms with Crippen LogP contribution < -0.4 is 0 Å². The lowest BCUT2D eigenvalue weighted by molar-refractivity contribution is -0.142. The van der Waals surface area contributed by atoms with Gasteiger partial charge in [-0.15, -0.1) is 0 Å². The molecule has 1 aliphatic rings. The molecule has 7 heteroatoms. The van der Waals surface area contributed by atoms with Gasteiger partial charge < -0.3 is 10.0 Å². The maximum absolute atomic E-state index is 13.1. The summed E-state index contributed by atoms with van der Waals surface area (Å²) in [6, 6.07) is 7.21. The van der Waals surface area contributed by atoms with Crippen LogP contribution in [0.2, 0.25) is 5.02 Å². The van der Waals surface area contributed by atoms with E-state index in [1.54, 1.807) is 23.4 Å². The molecule has 1 aromatic heterocycles. The predicted octanol–water partition coefficient (Wildman–Crippen LogP) is 3.14. The van der Waals surface area contributed by atoms with Gasteiger partial charge in [0.25, 0.3) is 5.91 Å². The molecule has 2 atom stereocenters. The van der Waals surface area contributed by atoms with Gasteiger partial charge in [-0.1, -0.05) is 29.8 Å². The van der Waals surface area contributed by atoms with E-state index in [9.17, 15) is 14.7 Å². The summed E-state index contributed by atoms with van der Waals surface area (Å²) in [7, 11) is 0. The molecular formula is C19H22ClN3O3. The zero-order chi connectivity index (χ0) is 19.0. The second kappa shape index (κ2) is 7.11. The lowest BCUT2D eigenvalue weighted by atomic mass is 10.0. The summed E-state index contributed by atoms with van der Waals surface area (Å²) in [5.74, 6) is -1.52. The van der Waals surface area contributed by atoms with Gasteiger partial charge in [-0.05, 0) is 38.8 Å². The van der Waals surface area contributed by atoms with E-state index in [1.165, 1.54) is 0 Å². The van der Waals surface area contributed by atoms with E-state index < -0.39 is 11.9 Å². The minimum absolute atomic E-state index is 0.151. The summed E-state index contributed by atoms with van der Waals surface area (Å²) in [5.41, 5.74) is 2.89. The number of hydrogen-bond acceptors (Lipinski definition) is 3. The quantitative estimate of drug-likeness (QED) is 0.890. The van der Waals surface area contributed by atoms with Crippen molar-refractivity contribution in [3.8, 4) is 0 Å². The fourth-order valence-electron chi connectivity index (χ4n) is 3.65. The zero-order valence-corrected chi connectivity index (χ0v) is 15.8. The van der Waals surface area contributed by atoms with Crippen LogP contribution in [0, 0.1) is 19.8 Å². The number of rotatable bonds is 4. The molecule has 6 nitrogen and oxygen atoms in total. The van der Waals surface area contributed by atoms with Crippen LogP contribution in [0.1, 0.15) is 40.7 Å². The number of carbonyl (C=O) groups is 2. The Morgan fingerprint density at radius 3 is 2.62 bits per heavy atom. The number of carboxylic acids is 1. The summed E-state index contributed by atoms with van der Waals surface area (Å²) in [6.07, 6.45) is 0.480. The number of hydrogen-bond donors (Lipinski definition) is 1. The van der Waals surface area contributed by atoms with Crippen molar-refractivity contribution < 1.29 is 14.7 Å². The van der Waals surface area contributed by atoms with Gasteiger partial charge in [-0.2, -0.15) is 5.10 Å². The summed E-state index contributed by atoms with van der Waals surface area (Å²) in [4.78, 5) is 26.0. The molecule has 0 radical (unpaired) electrons. The average molecular weight is 376 g/mol. The van der Waals surface area contributed by atoms with E-state index in [0.717, 1.165) is 11.3 Å². The number of halogens is 1. The highest BCUT2D eigenvalue weighted by atomic mass is 35.5. The zero-order valence-electron chi connectivity index (χ0n) is 15.1. The van der Waals surface area contributed by atoms with E-state index in [2.05, 4.69) is 5.10 Å². The molecule has 0 bridgehead atoms. The first kappa shape index (κ1) is 18.5. The van der Waals surface area contributed by atoms with Gasteiger partial charge in [0.05, 0.1) is 23.7 Å². The van der Waals surface area contributed by atoms with Crippen molar-refractivity contribution in [1.82, 2.24) is 14.7 Å². The maximum atomic E-state index is 13.1. The molecule has 3 rings (SSSR count). The van der Waals surface area contributed by atoms with Crippen LogP contribution in [-0.2, 0) is 11.3 Å². The van der Waals surface area contributed by atoms with Crippen molar-refractivity contribution in [3.63, 3.8) is 0 Å². The topological polar surface area (TPSA) is 75.4 Å². The molecule has 0 spiro atoms. The number of aliphatic carboxylic acids is 1. The summed E-state index contributed by atoms with van der Waals surface area (Å²) in [5, 5.41) is 14.5. The number of aromatic nitrogens is 2. The van der Waals surface area contributed by atoms with Crippen LogP contribution in [0.5, 0.6) is 0 Å². The molecule has 2 heterocycles. The molecule has 0 aliphatic carbocycles. The second-order valence-electron chi connectivity index (χ2n) is 6.77. The Balaban J connectivity index is 1.88. The maximum Gasteiger partial charge on any atom is 0.308 e. The highest BCUT2D eigenvalue weighted by molar-refractivity contribution is 6.31. The Kier molecular flexibility index (Phi) is 5.05. The van der Waals surface area contributed by atoms with E-state index in [4.69, 9.17) is 11.6 Å². The van der Waals surface area contributed by atoms with Gasteiger partial charge in [0.15, 0.2) is 0 Å². The van der Waals surface area contributed by atoms with E-state index in [1.807, 2.05) is 31.2 Å². The molecule has 1 saturated heterocycles. The number of amides is 1. The molecule has 2 aromatic rings. The van der Waals surface area contributed by atoms with E-state index in [-0.39, 0.29) is 11.9 Å². The van der Waals surface area contributed by atoms with Crippen molar-refractivity contribution in [2.24, 2.45) is 5.92 Å². The smallest absolute Gasteiger partial charge is 0.308 e. The van der Waals surface area contributed by atoms with E-state index >= 15 is 0 Å². The third kappa shape index (κ3) is 3.21. The number of carboxylic acid groups (broad SMARTS) is 1. The Hall–Kier alpha value is -2.34. The summed E-state index contributed by atoms with van der Waals surface area (Å²) in [6.45, 7) is 6.39. The van der Waals surface area contributed by atoms with Crippen LogP contribution in [0.25, 0.3) is 0 Å². The first-order chi connectivity index (χ1) is 12.3. The number of carbonyl (C=O) groups excluding carboxylic acids is 1. The number of benzene rings is 1. The third-order valence-electron chi connectivity index (χ3n) is 5.21. The van der Waals surface area contributed by atoms with Gasteiger partial charge >= 0.3 is 5.97 Å². The van der Waals surface area contributed by atoms with Crippen molar-refractivity contribution in [1.29, 1.82) is 0 Å². The predicted molar refractivity (Wildman–Crippen MR) is 98.5 cm³/mol. The average Bonchev–Trinajstić information content (AvgIpc) is 3.09. The Morgan fingerprint density at radius 2 is 2.00 bits per heavy atom. The Morgan fingerprint density at radius 1 is 1.31 bits per heavy atom. The second-order valence-corrected chi connectivity index (χ2v) is 7.17. The SMILES string of the molecule is Cc1nn(Cc2ccccc2Cl)c(C)c1C(=O)N1CCC(C(=O)O)C1C. The van der Waals surface area contributed by atoms with Crippen molar-refractivity contribution in [2.75, 3.05) is 6.54 Å². The van der Waals surface area contributed by atoms with Crippen LogP contribution >= 0.6 is 11.6 Å². The lowest BCUT2D eigenvalue weighted by Gasteiger charge is -2.23. The Bertz CT molecular complexity index is 862. The molecule has 1 fully saturated rings. The van der Waals surface area contributed by atoms with E-state index in [0.29, 0.717) is 35.8 Å². The molecule has 2 unspecified atom stereocenters. The third-order valence-corrected chi connectivity index (χ3v) is 5.58. The monoisotopic (exact) mass is 375 g/mol. The number of nitrogens with zero attached hydrogens (tertiary/aromatic N) is 3. The lowest BCUT2D eigenvalue weighted by Crippen LogP contribution is -2.38. The molecular weight excluding hydrogens is 354 g/mol. The van der Waals surface area contributed by atoms with Crippen LogP contribution in [-0.4, -0.2) is 44.3 Å². The number of likely N-dealkylation sites (tertiary alicyclic amines) is 1. The van der Waals surface area contributed by atoms with Crippen molar-refractivity contribution in [2.45, 2.75) is 39.8 Å². The highest BCUT2D eigenvalue weighted by Crippen LogP contribution is 2.28. The Labute approximate surface area is 157 Å². The van der Waals surface area contributed by atoms with Gasteiger partial charge in [-0.3, -0.25) is 14.3 Å². The van der Waals surface area contributed by atoms with Gasteiger partial charge in [0, 0.05) is 23.3 Å². The minimum atomic E-state index is -0.851. The summed E-state index contributed by atoms with van der Waals surface area (Å²) < 4.78 is 1.78. The molecule has 138 valence electrons. The molecule has 1 N–H and O–H groups in total. The molecule has 1 aliphatic heterocycles. The van der Waals surface area contributed by atoms with Crippen LogP contribution in [0.3, 0.4) is 0 Å². The van der Waals surface area contributed by atoms with Crippen molar-refractivity contribution in [3.05, 3.63) is 51.8 Å².